The van der Waals surface area contributed by atoms with Crippen LogP contribution in [0.25, 0.3) is 0 Å². The first-order valence-corrected chi connectivity index (χ1v) is 12.1. The van der Waals surface area contributed by atoms with Gasteiger partial charge in [-0.1, -0.05) is 42.3 Å². The third kappa shape index (κ3) is 7.94. The van der Waals surface area contributed by atoms with E-state index in [2.05, 4.69) is 52.5 Å². The zero-order valence-electron chi connectivity index (χ0n) is 19.5. The standard InChI is InChI=1S/C27H27NO3S.CO2/c1-2-4-23(16-27(29)30)22-7-9-25(10-8-22)31-19-21-6-3-5-20(15-21)17-28-13-11-26-24(18-28)12-14-32-26;2-1-3/h3,5-10,12,14-15,23H,11,13,16-19H2,1H3,(H,29,30);/t23-;/m0./s1. The number of thiophene rings is 1. The quantitative estimate of drug-likeness (QED) is 0.454. The van der Waals surface area contributed by atoms with Gasteiger partial charge >= 0.3 is 12.1 Å². The number of aliphatic carboxylic acids is 1. The van der Waals surface area contributed by atoms with Gasteiger partial charge in [-0.2, -0.15) is 9.59 Å². The number of carbonyl (C=O) groups excluding carboxylic acids is 2. The molecule has 0 amide bonds. The van der Waals surface area contributed by atoms with Gasteiger partial charge in [0.05, 0.1) is 12.3 Å². The van der Waals surface area contributed by atoms with Crippen LogP contribution in [0, 0.1) is 11.8 Å². The highest BCUT2D eigenvalue weighted by Gasteiger charge is 2.17. The molecule has 0 saturated carbocycles. The van der Waals surface area contributed by atoms with E-state index in [0.29, 0.717) is 6.61 Å². The van der Waals surface area contributed by atoms with E-state index < -0.39 is 5.97 Å². The van der Waals surface area contributed by atoms with Crippen LogP contribution >= 0.6 is 11.3 Å². The van der Waals surface area contributed by atoms with Crippen LogP contribution in [0.15, 0.2) is 60.0 Å². The molecular weight excluding hydrogens is 462 g/mol. The zero-order chi connectivity index (χ0) is 25.0. The lowest BCUT2D eigenvalue weighted by Gasteiger charge is -2.27. The fourth-order valence-electron chi connectivity index (χ4n) is 4.08. The van der Waals surface area contributed by atoms with Crippen LogP contribution in [-0.4, -0.2) is 28.7 Å². The molecule has 2 aromatic carbocycles. The largest absolute Gasteiger partial charge is 0.489 e. The Labute approximate surface area is 209 Å². The van der Waals surface area contributed by atoms with Gasteiger partial charge in [-0.25, -0.2) is 0 Å². The summed E-state index contributed by atoms with van der Waals surface area (Å²) >= 11 is 1.87. The van der Waals surface area contributed by atoms with Crippen molar-refractivity contribution in [2.75, 3.05) is 6.54 Å². The zero-order valence-corrected chi connectivity index (χ0v) is 20.3. The number of nitrogens with zero attached hydrogens (tertiary/aromatic N) is 1. The molecule has 6 nitrogen and oxygen atoms in total. The van der Waals surface area contributed by atoms with Gasteiger partial charge in [0.15, 0.2) is 0 Å². The summed E-state index contributed by atoms with van der Waals surface area (Å²) in [5, 5.41) is 11.3. The molecule has 7 heteroatoms. The molecule has 1 N–H and O–H groups in total. The van der Waals surface area contributed by atoms with Crippen LogP contribution in [0.4, 0.5) is 0 Å². The predicted octanol–water partition coefficient (Wildman–Crippen LogP) is 4.88. The SMILES string of the molecule is CC#C[C@@H](CC(=O)O)c1ccc(OCc2cccc(CN3CCc4sccc4C3)c2)cc1.O=C=O. The molecule has 1 aromatic heterocycles. The summed E-state index contributed by atoms with van der Waals surface area (Å²) in [4.78, 5) is 31.4. The lowest BCUT2D eigenvalue weighted by atomic mass is 9.96. The predicted molar refractivity (Wildman–Crippen MR) is 133 cm³/mol. The van der Waals surface area contributed by atoms with Crippen molar-refractivity contribution in [3.05, 3.63) is 87.1 Å². The van der Waals surface area contributed by atoms with Crippen LogP contribution in [0.3, 0.4) is 0 Å². The maximum Gasteiger partial charge on any atom is 0.373 e. The maximum atomic E-state index is 11.1. The van der Waals surface area contributed by atoms with Gasteiger partial charge in [-0.3, -0.25) is 9.69 Å². The van der Waals surface area contributed by atoms with Crippen molar-refractivity contribution in [2.45, 2.75) is 45.4 Å². The van der Waals surface area contributed by atoms with Crippen LogP contribution < -0.4 is 4.74 Å². The van der Waals surface area contributed by atoms with Gasteiger partial charge in [-0.05, 0) is 59.2 Å². The van der Waals surface area contributed by atoms with Gasteiger partial charge in [0.2, 0.25) is 0 Å². The molecule has 4 rings (SSSR count). The average molecular weight is 490 g/mol. The number of benzene rings is 2. The molecule has 0 unspecified atom stereocenters. The molecule has 1 aliphatic rings. The Morgan fingerprint density at radius 2 is 1.89 bits per heavy atom. The van der Waals surface area contributed by atoms with Crippen LogP contribution in [0.1, 0.15) is 46.4 Å². The number of hydrogen-bond acceptors (Lipinski definition) is 6. The summed E-state index contributed by atoms with van der Waals surface area (Å²) in [5.74, 6) is 5.41. The topological polar surface area (TPSA) is 83.9 Å². The number of fused-ring (bicyclic) bond motifs is 1. The first-order valence-electron chi connectivity index (χ1n) is 11.2. The van der Waals surface area contributed by atoms with Gasteiger partial charge in [-0.15, -0.1) is 17.3 Å². The number of carboxylic acid groups (broad SMARTS) is 1. The van der Waals surface area contributed by atoms with E-state index in [-0.39, 0.29) is 18.5 Å². The molecule has 0 saturated heterocycles. The number of carboxylic acids is 1. The molecule has 1 aliphatic heterocycles. The minimum Gasteiger partial charge on any atom is -0.489 e. The van der Waals surface area contributed by atoms with Gasteiger partial charge in [0.25, 0.3) is 0 Å². The molecule has 35 heavy (non-hydrogen) atoms. The Morgan fingerprint density at radius 1 is 1.14 bits per heavy atom. The Kier molecular flexibility index (Phi) is 9.82. The molecule has 2 heterocycles. The monoisotopic (exact) mass is 489 g/mol. The van der Waals surface area contributed by atoms with Crippen molar-refractivity contribution in [2.24, 2.45) is 0 Å². The van der Waals surface area contributed by atoms with Crippen molar-refractivity contribution in [3.8, 4) is 17.6 Å². The first kappa shape index (κ1) is 25.9. The Bertz CT molecular complexity index is 1220. The average Bonchev–Trinajstić information content (AvgIpc) is 3.31. The van der Waals surface area contributed by atoms with Crippen LogP contribution in [-0.2, 0) is 40.5 Å². The van der Waals surface area contributed by atoms with Crippen molar-refractivity contribution in [3.63, 3.8) is 0 Å². The van der Waals surface area contributed by atoms with E-state index in [1.54, 1.807) is 6.92 Å². The van der Waals surface area contributed by atoms with Crippen LogP contribution in [0.2, 0.25) is 0 Å². The third-order valence-corrected chi connectivity index (χ3v) is 6.69. The minimum absolute atomic E-state index is 0.00141. The molecule has 3 aromatic rings. The van der Waals surface area contributed by atoms with E-state index in [4.69, 9.17) is 19.4 Å². The number of hydrogen-bond donors (Lipinski definition) is 1. The highest BCUT2D eigenvalue weighted by atomic mass is 32.1. The lowest BCUT2D eigenvalue weighted by molar-refractivity contribution is -0.191. The molecule has 0 fully saturated rings. The summed E-state index contributed by atoms with van der Waals surface area (Å²) < 4.78 is 5.98. The lowest BCUT2D eigenvalue weighted by Crippen LogP contribution is -2.29. The van der Waals surface area contributed by atoms with Crippen LogP contribution in [0.5, 0.6) is 5.75 Å². The smallest absolute Gasteiger partial charge is 0.373 e. The molecule has 180 valence electrons. The minimum atomic E-state index is -0.849. The number of carbonyl (C=O) groups is 1. The molecule has 0 bridgehead atoms. The van der Waals surface area contributed by atoms with Crippen molar-refractivity contribution < 1.29 is 24.2 Å². The Hall–Kier alpha value is -3.69. The van der Waals surface area contributed by atoms with E-state index in [1.807, 2.05) is 35.6 Å². The summed E-state index contributed by atoms with van der Waals surface area (Å²) in [6.07, 6.45) is 1.39. The fourth-order valence-corrected chi connectivity index (χ4v) is 4.97. The summed E-state index contributed by atoms with van der Waals surface area (Å²) in [7, 11) is 0. The molecule has 0 radical (unpaired) electrons. The van der Waals surface area contributed by atoms with Crippen molar-refractivity contribution in [1.29, 1.82) is 0 Å². The van der Waals surface area contributed by atoms with E-state index in [1.165, 1.54) is 16.0 Å². The summed E-state index contributed by atoms with van der Waals surface area (Å²) in [6.45, 7) is 5.30. The second-order valence-corrected chi connectivity index (χ2v) is 9.14. The highest BCUT2D eigenvalue weighted by molar-refractivity contribution is 7.10. The van der Waals surface area contributed by atoms with Gasteiger partial charge < -0.3 is 9.84 Å². The van der Waals surface area contributed by atoms with Gasteiger partial charge in [0, 0.05) is 24.5 Å². The normalized spacial score (nSPS) is 13.2. The van der Waals surface area contributed by atoms with Gasteiger partial charge in [0.1, 0.15) is 12.4 Å². The van der Waals surface area contributed by atoms with E-state index >= 15 is 0 Å². The number of rotatable bonds is 8. The first-order chi connectivity index (χ1) is 17.0. The third-order valence-electron chi connectivity index (χ3n) is 5.67. The maximum absolute atomic E-state index is 11.1. The van der Waals surface area contributed by atoms with Crippen molar-refractivity contribution >= 4 is 23.5 Å². The second kappa shape index (κ2) is 13.3. The van der Waals surface area contributed by atoms with Crippen molar-refractivity contribution in [1.82, 2.24) is 4.90 Å². The summed E-state index contributed by atoms with van der Waals surface area (Å²) in [5.41, 5.74) is 4.81. The highest BCUT2D eigenvalue weighted by Crippen LogP contribution is 2.26. The number of ether oxygens (including phenoxy) is 1. The molecule has 0 spiro atoms. The Balaban J connectivity index is 0.00000108. The molecule has 0 aliphatic carbocycles. The second-order valence-electron chi connectivity index (χ2n) is 8.14. The van der Waals surface area contributed by atoms with E-state index in [0.717, 1.165) is 42.9 Å². The van der Waals surface area contributed by atoms with E-state index in [9.17, 15) is 4.79 Å². The molecule has 1 atom stereocenters. The summed E-state index contributed by atoms with van der Waals surface area (Å²) in [6, 6.07) is 18.4. The Morgan fingerprint density at radius 3 is 2.60 bits per heavy atom. The fraction of sp³-hybridized carbons (Fsp3) is 0.286. The molecular formula is C28H27NO5S.